The molecule has 0 spiro atoms. The lowest BCUT2D eigenvalue weighted by Crippen LogP contribution is -1.90. The molecule has 2 rings (SSSR count). The monoisotopic (exact) mass is 257 g/mol. The number of nitrogens with zero attached hydrogens (tertiary/aromatic N) is 1. The summed E-state index contributed by atoms with van der Waals surface area (Å²) >= 11 is 4.94. The quantitative estimate of drug-likeness (QED) is 0.777. The zero-order chi connectivity index (χ0) is 9.26. The van der Waals surface area contributed by atoms with Crippen LogP contribution in [0.4, 0.5) is 0 Å². The number of carbonyl (C=O) groups excluding carboxylic acids is 1. The second-order valence-corrected chi connectivity index (χ2v) is 4.06. The number of halogens is 1. The van der Waals surface area contributed by atoms with Gasteiger partial charge in [0.15, 0.2) is 0 Å². The van der Waals surface area contributed by atoms with Gasteiger partial charge < -0.3 is 4.74 Å². The Morgan fingerprint density at radius 2 is 2.38 bits per heavy atom. The van der Waals surface area contributed by atoms with Crippen LogP contribution in [0.15, 0.2) is 22.0 Å². The third-order valence-electron chi connectivity index (χ3n) is 1.52. The normalized spacial score (nSPS) is 10.2. The van der Waals surface area contributed by atoms with Crippen molar-refractivity contribution in [1.29, 1.82) is 0 Å². The van der Waals surface area contributed by atoms with E-state index in [9.17, 15) is 4.79 Å². The molecule has 2 aromatic heterocycles. The molecule has 0 saturated carbocycles. The maximum atomic E-state index is 10.1. The molecule has 5 heteroatoms. The molecule has 0 amide bonds. The number of hydrogen-bond acceptors (Lipinski definition) is 4. The van der Waals surface area contributed by atoms with Crippen molar-refractivity contribution < 1.29 is 9.53 Å². The number of pyridine rings is 1. The fourth-order valence-corrected chi connectivity index (χ4v) is 2.45. The van der Waals surface area contributed by atoms with E-state index >= 15 is 0 Å². The summed E-state index contributed by atoms with van der Waals surface area (Å²) < 4.78 is 6.61. The molecule has 0 aliphatic heterocycles. The Morgan fingerprint density at radius 3 is 3.15 bits per heavy atom. The molecule has 0 bridgehead atoms. The van der Waals surface area contributed by atoms with Crippen LogP contribution in [0, 0.1) is 0 Å². The van der Waals surface area contributed by atoms with E-state index in [1.54, 1.807) is 17.4 Å². The summed E-state index contributed by atoms with van der Waals surface area (Å²) in [7, 11) is 0. The van der Waals surface area contributed by atoms with Gasteiger partial charge in [-0.3, -0.25) is 4.79 Å². The molecule has 0 unspecified atom stereocenters. The average Bonchev–Trinajstić information content (AvgIpc) is 2.49. The predicted molar refractivity (Wildman–Crippen MR) is 54.0 cm³/mol. The number of rotatable bonds is 2. The third kappa shape index (κ3) is 1.57. The first-order valence-corrected chi connectivity index (χ1v) is 5.12. The van der Waals surface area contributed by atoms with E-state index in [0.717, 1.165) is 14.7 Å². The summed E-state index contributed by atoms with van der Waals surface area (Å²) in [6, 6.07) is 3.54. The maximum absolute atomic E-state index is 10.1. The highest BCUT2D eigenvalue weighted by Crippen LogP contribution is 2.29. The van der Waals surface area contributed by atoms with E-state index in [0.29, 0.717) is 12.4 Å². The molecular weight excluding hydrogens is 254 g/mol. The maximum Gasteiger partial charge on any atom is 0.299 e. The van der Waals surface area contributed by atoms with Crippen molar-refractivity contribution in [3.8, 4) is 5.88 Å². The third-order valence-corrected chi connectivity index (χ3v) is 3.36. The zero-order valence-corrected chi connectivity index (χ0v) is 8.76. The molecule has 66 valence electrons. The second kappa shape index (κ2) is 3.43. The molecule has 0 fully saturated rings. The molecule has 0 atom stereocenters. The van der Waals surface area contributed by atoms with Crippen molar-refractivity contribution in [1.82, 2.24) is 4.98 Å². The minimum Gasteiger partial charge on any atom is -0.410 e. The van der Waals surface area contributed by atoms with Crippen LogP contribution in [0.1, 0.15) is 0 Å². The van der Waals surface area contributed by atoms with E-state index in [4.69, 9.17) is 0 Å². The standard InChI is InChI=1S/C8H4BrNO2S/c9-5-3-13-6-1-2-7(12-4-11)10-8(5)6/h1-4H. The van der Waals surface area contributed by atoms with Crippen LogP contribution < -0.4 is 4.74 Å². The summed E-state index contributed by atoms with van der Waals surface area (Å²) in [5.74, 6) is 0.321. The summed E-state index contributed by atoms with van der Waals surface area (Å²) in [5.41, 5.74) is 0.823. The number of aromatic nitrogens is 1. The Balaban J connectivity index is 2.58. The molecule has 0 aromatic carbocycles. The minimum atomic E-state index is 0.321. The van der Waals surface area contributed by atoms with Crippen LogP contribution in [0.3, 0.4) is 0 Å². The smallest absolute Gasteiger partial charge is 0.299 e. The van der Waals surface area contributed by atoms with Crippen molar-refractivity contribution >= 4 is 44.0 Å². The highest BCUT2D eigenvalue weighted by Gasteiger charge is 2.04. The molecular formula is C8H4BrNO2S. The van der Waals surface area contributed by atoms with Crippen molar-refractivity contribution in [3.63, 3.8) is 0 Å². The molecule has 0 N–H and O–H groups in total. The first-order valence-electron chi connectivity index (χ1n) is 3.45. The molecule has 0 saturated heterocycles. The number of hydrogen-bond donors (Lipinski definition) is 0. The Morgan fingerprint density at radius 1 is 1.54 bits per heavy atom. The summed E-state index contributed by atoms with van der Waals surface area (Å²) in [6.45, 7) is 0.369. The lowest BCUT2D eigenvalue weighted by Gasteiger charge is -1.95. The van der Waals surface area contributed by atoms with Crippen LogP contribution in [0.5, 0.6) is 5.88 Å². The number of thiophene rings is 1. The van der Waals surface area contributed by atoms with Gasteiger partial charge in [0.2, 0.25) is 5.88 Å². The molecule has 13 heavy (non-hydrogen) atoms. The minimum absolute atomic E-state index is 0.321. The van der Waals surface area contributed by atoms with Gasteiger partial charge in [-0.25, -0.2) is 4.98 Å². The molecule has 2 heterocycles. The molecule has 2 aromatic rings. The van der Waals surface area contributed by atoms with E-state index in [1.807, 2.05) is 11.4 Å². The van der Waals surface area contributed by atoms with Gasteiger partial charge in [-0.1, -0.05) is 0 Å². The zero-order valence-electron chi connectivity index (χ0n) is 6.36. The van der Waals surface area contributed by atoms with Crippen molar-refractivity contribution in [2.75, 3.05) is 0 Å². The SMILES string of the molecule is O=COc1ccc2scc(Br)c2n1. The largest absolute Gasteiger partial charge is 0.410 e. The molecule has 0 radical (unpaired) electrons. The van der Waals surface area contributed by atoms with Gasteiger partial charge in [0, 0.05) is 11.4 Å². The number of ether oxygens (including phenoxy) is 1. The van der Waals surface area contributed by atoms with Gasteiger partial charge in [0.25, 0.3) is 6.47 Å². The Kier molecular flexibility index (Phi) is 2.28. The fraction of sp³-hybridized carbons (Fsp3) is 0. The molecule has 3 nitrogen and oxygen atoms in total. The van der Waals surface area contributed by atoms with Crippen molar-refractivity contribution in [3.05, 3.63) is 22.0 Å². The Bertz CT molecular complexity index is 454. The van der Waals surface area contributed by atoms with Crippen molar-refractivity contribution in [2.45, 2.75) is 0 Å². The first kappa shape index (κ1) is 8.65. The van der Waals surface area contributed by atoms with Crippen LogP contribution >= 0.6 is 27.3 Å². The van der Waals surface area contributed by atoms with E-state index in [2.05, 4.69) is 25.7 Å². The summed E-state index contributed by atoms with van der Waals surface area (Å²) in [4.78, 5) is 14.2. The second-order valence-electron chi connectivity index (χ2n) is 2.29. The van der Waals surface area contributed by atoms with Gasteiger partial charge in [0.1, 0.15) is 0 Å². The fourth-order valence-electron chi connectivity index (χ4n) is 0.981. The number of fused-ring (bicyclic) bond motifs is 1. The molecule has 0 aliphatic carbocycles. The Labute approximate surface area is 86.5 Å². The lowest BCUT2D eigenvalue weighted by molar-refractivity contribution is -0.120. The van der Waals surface area contributed by atoms with E-state index in [1.165, 1.54) is 0 Å². The van der Waals surface area contributed by atoms with Gasteiger partial charge in [-0.15, -0.1) is 11.3 Å². The topological polar surface area (TPSA) is 39.2 Å². The van der Waals surface area contributed by atoms with Crippen LogP contribution in [0.2, 0.25) is 0 Å². The highest BCUT2D eigenvalue weighted by atomic mass is 79.9. The van der Waals surface area contributed by atoms with Gasteiger partial charge in [0.05, 0.1) is 14.7 Å². The average molecular weight is 258 g/mol. The number of carbonyl (C=O) groups is 1. The van der Waals surface area contributed by atoms with Gasteiger partial charge >= 0.3 is 0 Å². The van der Waals surface area contributed by atoms with Gasteiger partial charge in [-0.2, -0.15) is 0 Å². The Hall–Kier alpha value is -0.940. The van der Waals surface area contributed by atoms with Crippen molar-refractivity contribution in [2.24, 2.45) is 0 Å². The summed E-state index contributed by atoms with van der Waals surface area (Å²) in [5, 5.41) is 1.95. The van der Waals surface area contributed by atoms with Crippen LogP contribution in [0.25, 0.3) is 10.2 Å². The van der Waals surface area contributed by atoms with E-state index in [-0.39, 0.29) is 0 Å². The van der Waals surface area contributed by atoms with Gasteiger partial charge in [-0.05, 0) is 22.0 Å². The predicted octanol–water partition coefficient (Wildman–Crippen LogP) is 2.59. The molecule has 0 aliphatic rings. The lowest BCUT2D eigenvalue weighted by atomic mass is 10.4. The first-order chi connectivity index (χ1) is 6.31. The highest BCUT2D eigenvalue weighted by molar-refractivity contribution is 9.10. The van der Waals surface area contributed by atoms with Crippen LogP contribution in [-0.2, 0) is 4.79 Å². The summed E-state index contributed by atoms with van der Waals surface area (Å²) in [6.07, 6.45) is 0. The van der Waals surface area contributed by atoms with E-state index < -0.39 is 0 Å². The van der Waals surface area contributed by atoms with Crippen LogP contribution in [-0.4, -0.2) is 11.5 Å².